The molecule has 4 rings (SSSR count). The highest BCUT2D eigenvalue weighted by Crippen LogP contribution is 2.37. The highest BCUT2D eigenvalue weighted by molar-refractivity contribution is 7.97. The molecule has 0 atom stereocenters. The molecule has 3 N–H and O–H groups in total. The fraction of sp³-hybridized carbons (Fsp3) is 0.250. The van der Waals surface area contributed by atoms with Crippen LogP contribution >= 0.6 is 11.9 Å². The number of nitrogens with two attached hydrogens (primary N) is 1. The molecule has 3 nitrogen and oxygen atoms in total. The van der Waals surface area contributed by atoms with Crippen molar-refractivity contribution >= 4 is 29.0 Å². The smallest absolute Gasteiger partial charge is 0.399 e. The Bertz CT molecular complexity index is 1030. The minimum absolute atomic E-state index is 0.630. The van der Waals surface area contributed by atoms with E-state index in [1.165, 1.54) is 40.9 Å². The average Bonchev–Trinajstić information content (AvgIpc) is 2.90. The summed E-state index contributed by atoms with van der Waals surface area (Å²) < 4.78 is 41.3. The van der Waals surface area contributed by atoms with Crippen molar-refractivity contribution in [2.24, 2.45) is 0 Å². The molecule has 3 aromatic rings. The molecule has 1 aliphatic rings. The summed E-state index contributed by atoms with van der Waals surface area (Å²) in [4.78, 5) is 3.09. The predicted octanol–water partition coefficient (Wildman–Crippen LogP) is 6.21. The fourth-order valence-corrected chi connectivity index (χ4v) is 4.51. The molecule has 0 saturated carbocycles. The highest BCUT2D eigenvalue weighted by Gasteiger charge is 2.29. The first-order chi connectivity index (χ1) is 14.9. The van der Waals surface area contributed by atoms with Gasteiger partial charge in [0.25, 0.3) is 0 Å². The Morgan fingerprint density at radius 1 is 0.903 bits per heavy atom. The third-order valence-electron chi connectivity index (χ3n) is 5.38. The van der Waals surface area contributed by atoms with E-state index < -0.39 is 11.7 Å². The molecule has 0 bridgehead atoms. The van der Waals surface area contributed by atoms with Crippen LogP contribution in [0.15, 0.2) is 71.6 Å². The van der Waals surface area contributed by atoms with Gasteiger partial charge in [0.2, 0.25) is 0 Å². The zero-order chi connectivity index (χ0) is 21.8. The normalized spacial score (nSPS) is 13.5. The third kappa shape index (κ3) is 5.17. The SMILES string of the molecule is Nc1ccc2c(c1)N(CCCNSc1ccc(C(F)(F)F)cc1)c1ccccc1CC2. The summed E-state index contributed by atoms with van der Waals surface area (Å²) in [7, 11) is 0. The number of hydrogen-bond acceptors (Lipinski definition) is 4. The largest absolute Gasteiger partial charge is 0.416 e. The number of nitrogens with one attached hydrogen (secondary N) is 1. The molecule has 3 aromatic carbocycles. The first-order valence-electron chi connectivity index (χ1n) is 10.2. The van der Waals surface area contributed by atoms with E-state index in [-0.39, 0.29) is 0 Å². The standard InChI is InChI=1S/C24H24F3N3S/c25-24(26,27)19-9-12-21(13-10-19)31-29-14-3-15-30-22-5-2-1-4-17(22)6-7-18-8-11-20(28)16-23(18)30/h1-2,4-5,8-13,16,29H,3,6-7,14-15,28H2. The highest BCUT2D eigenvalue weighted by atomic mass is 32.2. The maximum absolute atomic E-state index is 12.7. The van der Waals surface area contributed by atoms with Crippen molar-refractivity contribution in [2.75, 3.05) is 23.7 Å². The van der Waals surface area contributed by atoms with Crippen LogP contribution in [0, 0.1) is 0 Å². The quantitative estimate of drug-likeness (QED) is 0.270. The lowest BCUT2D eigenvalue weighted by Crippen LogP contribution is -2.22. The van der Waals surface area contributed by atoms with Crippen molar-refractivity contribution in [2.45, 2.75) is 30.3 Å². The maximum Gasteiger partial charge on any atom is 0.416 e. The minimum Gasteiger partial charge on any atom is -0.399 e. The van der Waals surface area contributed by atoms with Crippen LogP contribution < -0.4 is 15.4 Å². The summed E-state index contributed by atoms with van der Waals surface area (Å²) in [5.41, 5.74) is 11.2. The zero-order valence-corrected chi connectivity index (χ0v) is 17.8. The molecule has 0 amide bonds. The summed E-state index contributed by atoms with van der Waals surface area (Å²) in [5, 5.41) is 0. The Morgan fingerprint density at radius 2 is 1.61 bits per heavy atom. The van der Waals surface area contributed by atoms with Crippen molar-refractivity contribution in [1.82, 2.24) is 4.72 Å². The fourth-order valence-electron chi connectivity index (χ4n) is 3.82. The summed E-state index contributed by atoms with van der Waals surface area (Å²) in [5.74, 6) is 0. The molecule has 7 heteroatoms. The van der Waals surface area contributed by atoms with E-state index in [4.69, 9.17) is 5.73 Å². The summed E-state index contributed by atoms with van der Waals surface area (Å²) in [6.07, 6.45) is -1.47. The van der Waals surface area contributed by atoms with E-state index in [2.05, 4.69) is 40.0 Å². The molecular formula is C24H24F3N3S. The van der Waals surface area contributed by atoms with E-state index in [0.29, 0.717) is 0 Å². The van der Waals surface area contributed by atoms with E-state index in [1.54, 1.807) is 0 Å². The van der Waals surface area contributed by atoms with Crippen molar-refractivity contribution in [1.29, 1.82) is 0 Å². The topological polar surface area (TPSA) is 41.3 Å². The second-order valence-electron chi connectivity index (χ2n) is 7.54. The van der Waals surface area contributed by atoms with Crippen molar-refractivity contribution in [3.8, 4) is 0 Å². The van der Waals surface area contributed by atoms with Gasteiger partial charge in [0.15, 0.2) is 0 Å². The number of halogens is 3. The Morgan fingerprint density at radius 3 is 2.35 bits per heavy atom. The van der Waals surface area contributed by atoms with Crippen LogP contribution in [0.2, 0.25) is 0 Å². The van der Waals surface area contributed by atoms with Crippen LogP contribution in [0.4, 0.5) is 30.2 Å². The van der Waals surface area contributed by atoms with Crippen LogP contribution in [-0.4, -0.2) is 13.1 Å². The molecule has 0 unspecified atom stereocenters. The van der Waals surface area contributed by atoms with Gasteiger partial charge in [-0.3, -0.25) is 4.72 Å². The third-order valence-corrected chi connectivity index (χ3v) is 6.23. The van der Waals surface area contributed by atoms with E-state index in [9.17, 15) is 13.2 Å². The Balaban J connectivity index is 1.39. The predicted molar refractivity (Wildman–Crippen MR) is 122 cm³/mol. The second kappa shape index (κ2) is 9.24. The number of benzene rings is 3. The van der Waals surface area contributed by atoms with Crippen molar-refractivity contribution < 1.29 is 13.2 Å². The Hall–Kier alpha value is -2.64. The van der Waals surface area contributed by atoms with Crippen LogP contribution in [0.25, 0.3) is 0 Å². The van der Waals surface area contributed by atoms with Gasteiger partial charge in [-0.05, 0) is 84.8 Å². The number of alkyl halides is 3. The molecule has 162 valence electrons. The maximum atomic E-state index is 12.7. The molecule has 0 saturated heterocycles. The van der Waals surface area contributed by atoms with Gasteiger partial charge in [0.05, 0.1) is 5.56 Å². The van der Waals surface area contributed by atoms with E-state index >= 15 is 0 Å². The Kier molecular flexibility index (Phi) is 6.43. The summed E-state index contributed by atoms with van der Waals surface area (Å²) in [6.45, 7) is 1.54. The number of aryl methyl sites for hydroxylation is 2. The molecule has 31 heavy (non-hydrogen) atoms. The van der Waals surface area contributed by atoms with Gasteiger partial charge in [-0.2, -0.15) is 13.2 Å². The zero-order valence-electron chi connectivity index (χ0n) is 17.0. The van der Waals surface area contributed by atoms with Crippen molar-refractivity contribution in [3.63, 3.8) is 0 Å². The molecule has 0 aromatic heterocycles. The summed E-state index contributed by atoms with van der Waals surface area (Å²) in [6, 6.07) is 19.8. The first-order valence-corrected chi connectivity index (χ1v) is 11.0. The molecular weight excluding hydrogens is 419 g/mol. The van der Waals surface area contributed by atoms with Crippen molar-refractivity contribution in [3.05, 3.63) is 83.4 Å². The molecule has 0 spiro atoms. The van der Waals surface area contributed by atoms with Gasteiger partial charge in [0, 0.05) is 35.0 Å². The lowest BCUT2D eigenvalue weighted by molar-refractivity contribution is -0.137. The minimum atomic E-state index is -4.31. The van der Waals surface area contributed by atoms with Gasteiger partial charge >= 0.3 is 6.18 Å². The van der Waals surface area contributed by atoms with Crippen LogP contribution in [0.3, 0.4) is 0 Å². The van der Waals surface area contributed by atoms with Gasteiger partial charge in [-0.15, -0.1) is 0 Å². The number of nitrogen functional groups attached to an aromatic ring is 1. The van der Waals surface area contributed by atoms with Gasteiger partial charge in [0.1, 0.15) is 0 Å². The lowest BCUT2D eigenvalue weighted by Gasteiger charge is -2.27. The number of rotatable bonds is 6. The molecule has 1 aliphatic heterocycles. The number of para-hydroxylation sites is 1. The first kappa shape index (κ1) is 21.6. The number of fused-ring (bicyclic) bond motifs is 2. The van der Waals surface area contributed by atoms with Gasteiger partial charge in [-0.1, -0.05) is 24.3 Å². The number of nitrogens with zero attached hydrogens (tertiary/aromatic N) is 1. The molecule has 0 fully saturated rings. The lowest BCUT2D eigenvalue weighted by atomic mass is 10.0. The monoisotopic (exact) mass is 443 g/mol. The van der Waals surface area contributed by atoms with E-state index in [0.717, 1.165) is 60.8 Å². The Labute approximate surface area is 184 Å². The number of hydrogen-bond donors (Lipinski definition) is 2. The van der Waals surface area contributed by atoms with E-state index in [1.807, 2.05) is 12.1 Å². The second-order valence-corrected chi connectivity index (χ2v) is 8.50. The van der Waals surface area contributed by atoms with Crippen LogP contribution in [-0.2, 0) is 19.0 Å². The number of anilines is 3. The average molecular weight is 444 g/mol. The van der Waals surface area contributed by atoms with Gasteiger partial charge in [-0.25, -0.2) is 0 Å². The molecule has 1 heterocycles. The van der Waals surface area contributed by atoms with Gasteiger partial charge < -0.3 is 10.6 Å². The van der Waals surface area contributed by atoms with Crippen LogP contribution in [0.1, 0.15) is 23.1 Å². The van der Waals surface area contributed by atoms with Crippen LogP contribution in [0.5, 0.6) is 0 Å². The molecule has 0 radical (unpaired) electrons. The molecule has 0 aliphatic carbocycles. The summed E-state index contributed by atoms with van der Waals surface area (Å²) >= 11 is 1.35.